The van der Waals surface area contributed by atoms with E-state index in [1.165, 1.54) is 25.4 Å². The zero-order chi connectivity index (χ0) is 16.4. The molecular formula is C17H14N2O4. The second-order valence-electron chi connectivity index (χ2n) is 4.95. The number of phenolic OH excluding ortho intramolecular Hbond substituents is 1. The third-order valence-corrected chi connectivity index (χ3v) is 3.44. The molecule has 0 radical (unpaired) electrons. The van der Waals surface area contributed by atoms with E-state index in [1.54, 1.807) is 30.3 Å². The summed E-state index contributed by atoms with van der Waals surface area (Å²) in [5.74, 6) is 0.00932. The highest BCUT2D eigenvalue weighted by Crippen LogP contribution is 2.18. The van der Waals surface area contributed by atoms with Crippen molar-refractivity contribution in [3.63, 3.8) is 0 Å². The number of aromatic nitrogens is 1. The van der Waals surface area contributed by atoms with Crippen molar-refractivity contribution in [1.82, 2.24) is 4.98 Å². The molecule has 1 amide bonds. The molecule has 0 aliphatic heterocycles. The molecule has 1 heterocycles. The maximum Gasteiger partial charge on any atom is 0.261 e. The van der Waals surface area contributed by atoms with Crippen molar-refractivity contribution in [3.05, 3.63) is 64.4 Å². The first-order chi connectivity index (χ1) is 11.1. The Morgan fingerprint density at radius 3 is 2.78 bits per heavy atom. The van der Waals surface area contributed by atoms with Gasteiger partial charge in [0.1, 0.15) is 17.1 Å². The van der Waals surface area contributed by atoms with Crippen LogP contribution in [0.25, 0.3) is 10.9 Å². The first-order valence-electron chi connectivity index (χ1n) is 6.88. The summed E-state index contributed by atoms with van der Waals surface area (Å²) < 4.78 is 5.11. The van der Waals surface area contributed by atoms with Crippen LogP contribution in [0, 0.1) is 0 Å². The summed E-state index contributed by atoms with van der Waals surface area (Å²) in [5, 5.41) is 12.4. The summed E-state index contributed by atoms with van der Waals surface area (Å²) in [7, 11) is 1.51. The number of carbonyl (C=O) groups is 1. The molecule has 3 aromatic rings. The molecule has 0 aliphatic rings. The summed E-state index contributed by atoms with van der Waals surface area (Å²) in [5.41, 5.74) is 0.606. The van der Waals surface area contributed by atoms with Gasteiger partial charge in [0.05, 0.1) is 7.11 Å². The van der Waals surface area contributed by atoms with E-state index in [1.807, 2.05) is 0 Å². The molecule has 2 aromatic carbocycles. The number of benzene rings is 2. The number of H-pyrrole nitrogens is 1. The molecule has 0 saturated heterocycles. The Balaban J connectivity index is 2.00. The Morgan fingerprint density at radius 1 is 1.22 bits per heavy atom. The number of nitrogens with one attached hydrogen (secondary N) is 2. The Hall–Kier alpha value is -3.28. The number of amides is 1. The van der Waals surface area contributed by atoms with Gasteiger partial charge in [0.25, 0.3) is 5.91 Å². The third-order valence-electron chi connectivity index (χ3n) is 3.44. The number of aromatic amines is 1. The zero-order valence-corrected chi connectivity index (χ0v) is 12.3. The fourth-order valence-electron chi connectivity index (χ4n) is 2.28. The average Bonchev–Trinajstić information content (AvgIpc) is 2.55. The Labute approximate surface area is 131 Å². The van der Waals surface area contributed by atoms with Gasteiger partial charge in [-0.05, 0) is 30.3 Å². The minimum Gasteiger partial charge on any atom is -0.508 e. The molecule has 0 unspecified atom stereocenters. The molecule has 1 aromatic heterocycles. The van der Waals surface area contributed by atoms with E-state index in [-0.39, 0.29) is 11.3 Å². The predicted octanol–water partition coefficient (Wildman–Crippen LogP) is 2.49. The number of hydrogen-bond acceptors (Lipinski definition) is 4. The summed E-state index contributed by atoms with van der Waals surface area (Å²) in [6, 6.07) is 11.1. The van der Waals surface area contributed by atoms with Crippen molar-refractivity contribution in [1.29, 1.82) is 0 Å². The molecule has 0 atom stereocenters. The maximum absolute atomic E-state index is 12.5. The van der Waals surface area contributed by atoms with E-state index >= 15 is 0 Å². The molecule has 3 rings (SSSR count). The first-order valence-corrected chi connectivity index (χ1v) is 6.88. The van der Waals surface area contributed by atoms with Crippen LogP contribution in [0.5, 0.6) is 11.5 Å². The molecule has 6 heteroatoms. The van der Waals surface area contributed by atoms with Crippen LogP contribution in [0.1, 0.15) is 10.4 Å². The SMILES string of the molecule is COc1ccc2[nH]cc(C(=O)Nc3cccc(O)c3)c(=O)c2c1. The molecule has 3 N–H and O–H groups in total. The van der Waals surface area contributed by atoms with E-state index in [2.05, 4.69) is 10.3 Å². The van der Waals surface area contributed by atoms with Crippen molar-refractivity contribution in [3.8, 4) is 11.5 Å². The lowest BCUT2D eigenvalue weighted by Crippen LogP contribution is -2.21. The molecule has 6 nitrogen and oxygen atoms in total. The quantitative estimate of drug-likeness (QED) is 0.693. The number of hydrogen-bond donors (Lipinski definition) is 3. The van der Waals surface area contributed by atoms with E-state index in [4.69, 9.17) is 4.74 Å². The predicted molar refractivity (Wildman–Crippen MR) is 87.2 cm³/mol. The fraction of sp³-hybridized carbons (Fsp3) is 0.0588. The minimum atomic E-state index is -0.554. The van der Waals surface area contributed by atoms with Crippen LogP contribution in [0.3, 0.4) is 0 Å². The zero-order valence-electron chi connectivity index (χ0n) is 12.3. The van der Waals surface area contributed by atoms with Gasteiger partial charge in [-0.2, -0.15) is 0 Å². The number of carbonyl (C=O) groups excluding carboxylic acids is 1. The Bertz CT molecular complexity index is 947. The lowest BCUT2D eigenvalue weighted by molar-refractivity contribution is 0.102. The smallest absolute Gasteiger partial charge is 0.261 e. The van der Waals surface area contributed by atoms with Gasteiger partial charge in [0.15, 0.2) is 0 Å². The number of fused-ring (bicyclic) bond motifs is 1. The number of aromatic hydroxyl groups is 1. The summed E-state index contributed by atoms with van der Waals surface area (Å²) in [6.07, 6.45) is 1.37. The van der Waals surface area contributed by atoms with E-state index in [0.29, 0.717) is 22.3 Å². The van der Waals surface area contributed by atoms with Crippen LogP contribution in [-0.4, -0.2) is 23.1 Å². The lowest BCUT2D eigenvalue weighted by atomic mass is 10.1. The monoisotopic (exact) mass is 310 g/mol. The largest absolute Gasteiger partial charge is 0.508 e. The van der Waals surface area contributed by atoms with Crippen molar-refractivity contribution < 1.29 is 14.6 Å². The van der Waals surface area contributed by atoms with E-state index in [0.717, 1.165) is 0 Å². The molecule has 0 fully saturated rings. The second-order valence-corrected chi connectivity index (χ2v) is 4.95. The topological polar surface area (TPSA) is 91.4 Å². The number of pyridine rings is 1. The molecule has 0 aliphatic carbocycles. The van der Waals surface area contributed by atoms with Crippen LogP contribution in [0.15, 0.2) is 53.5 Å². The highest BCUT2D eigenvalue weighted by Gasteiger charge is 2.14. The minimum absolute atomic E-state index is 0.0194. The standard InChI is InChI=1S/C17H14N2O4/c1-23-12-5-6-15-13(8-12)16(21)14(9-18-15)17(22)19-10-3-2-4-11(20)7-10/h2-9,20H,1H3,(H,18,21)(H,19,22). The van der Waals surface area contributed by atoms with E-state index < -0.39 is 11.3 Å². The number of methoxy groups -OCH3 is 1. The summed E-state index contributed by atoms with van der Waals surface area (Å²) in [6.45, 7) is 0. The van der Waals surface area contributed by atoms with E-state index in [9.17, 15) is 14.7 Å². The fourth-order valence-corrected chi connectivity index (χ4v) is 2.28. The van der Waals surface area contributed by atoms with Gasteiger partial charge in [-0.3, -0.25) is 9.59 Å². The highest BCUT2D eigenvalue weighted by atomic mass is 16.5. The van der Waals surface area contributed by atoms with Crippen LogP contribution in [-0.2, 0) is 0 Å². The normalized spacial score (nSPS) is 10.5. The van der Waals surface area contributed by atoms with Crippen LogP contribution >= 0.6 is 0 Å². The number of phenols is 1. The van der Waals surface area contributed by atoms with Gasteiger partial charge in [0.2, 0.25) is 5.43 Å². The third kappa shape index (κ3) is 2.87. The van der Waals surface area contributed by atoms with Gasteiger partial charge in [-0.25, -0.2) is 0 Å². The van der Waals surface area contributed by atoms with Gasteiger partial charge in [-0.1, -0.05) is 6.07 Å². The molecule has 0 saturated carbocycles. The van der Waals surface area contributed by atoms with Gasteiger partial charge in [-0.15, -0.1) is 0 Å². The van der Waals surface area contributed by atoms with Crippen molar-refractivity contribution in [2.45, 2.75) is 0 Å². The van der Waals surface area contributed by atoms with Crippen LogP contribution < -0.4 is 15.5 Å². The van der Waals surface area contributed by atoms with Crippen LogP contribution in [0.4, 0.5) is 5.69 Å². The summed E-state index contributed by atoms with van der Waals surface area (Å²) >= 11 is 0. The number of ether oxygens (including phenoxy) is 1. The average molecular weight is 310 g/mol. The number of rotatable bonds is 3. The molecule has 0 spiro atoms. The Morgan fingerprint density at radius 2 is 2.04 bits per heavy atom. The van der Waals surface area contributed by atoms with Crippen LogP contribution in [0.2, 0.25) is 0 Å². The molecule has 23 heavy (non-hydrogen) atoms. The van der Waals surface area contributed by atoms with Gasteiger partial charge in [0, 0.05) is 28.9 Å². The Kier molecular flexibility index (Phi) is 3.72. The molecule has 116 valence electrons. The van der Waals surface area contributed by atoms with Gasteiger partial charge < -0.3 is 20.1 Å². The lowest BCUT2D eigenvalue weighted by Gasteiger charge is -2.07. The molecule has 0 bridgehead atoms. The maximum atomic E-state index is 12.5. The van der Waals surface area contributed by atoms with Crippen molar-refractivity contribution in [2.24, 2.45) is 0 Å². The molecular weight excluding hydrogens is 296 g/mol. The number of anilines is 1. The van der Waals surface area contributed by atoms with Crippen molar-refractivity contribution in [2.75, 3.05) is 12.4 Å². The summed E-state index contributed by atoms with van der Waals surface area (Å²) in [4.78, 5) is 27.7. The second kappa shape index (κ2) is 5.84. The van der Waals surface area contributed by atoms with Crippen molar-refractivity contribution >= 4 is 22.5 Å². The highest BCUT2D eigenvalue weighted by molar-refractivity contribution is 6.05. The van der Waals surface area contributed by atoms with Gasteiger partial charge >= 0.3 is 0 Å². The first kappa shape index (κ1) is 14.6.